The van der Waals surface area contributed by atoms with Crippen LogP contribution in [0.4, 0.5) is 0 Å². The van der Waals surface area contributed by atoms with Crippen LogP contribution in [0.1, 0.15) is 28.4 Å². The van der Waals surface area contributed by atoms with Gasteiger partial charge in [0.25, 0.3) is 0 Å². The number of halogens is 1. The monoisotopic (exact) mass is 320 g/mol. The second-order valence-electron chi connectivity index (χ2n) is 4.80. The highest BCUT2D eigenvalue weighted by atomic mass is 35.5. The van der Waals surface area contributed by atoms with E-state index in [0.29, 0.717) is 17.2 Å². The van der Waals surface area contributed by atoms with Gasteiger partial charge < -0.3 is 4.74 Å². The molecule has 2 aromatic rings. The highest BCUT2D eigenvalue weighted by Crippen LogP contribution is 2.28. The number of hydrogen-bond donors (Lipinski definition) is 0. The molecule has 2 rings (SSSR count). The third-order valence-corrected chi connectivity index (χ3v) is 4.83. The van der Waals surface area contributed by atoms with Crippen molar-refractivity contribution in [3.8, 4) is 5.75 Å². The molecule has 0 saturated carbocycles. The van der Waals surface area contributed by atoms with Gasteiger partial charge in [-0.05, 0) is 64.0 Å². The van der Waals surface area contributed by atoms with Crippen LogP contribution in [-0.4, -0.2) is 12.1 Å². The zero-order valence-corrected chi connectivity index (χ0v) is 14.1. The number of hydrogen-bond acceptors (Lipinski definition) is 2. The first-order valence-electron chi connectivity index (χ1n) is 6.83. The molecule has 0 radical (unpaired) electrons. The molecule has 0 aliphatic heterocycles. The number of carbonyl (C=O) groups excluding carboxylic acids is 1. The minimum absolute atomic E-state index is 0.0668. The Hall–Kier alpha value is -1.37. The predicted octanol–water partition coefficient (Wildman–Crippen LogP) is 4.50. The minimum atomic E-state index is 0.0668. The molecule has 1 unspecified atom stereocenters. The van der Waals surface area contributed by atoms with Crippen LogP contribution >= 0.6 is 20.2 Å². The lowest BCUT2D eigenvalue weighted by molar-refractivity contribution is 0.108. The Labute approximate surface area is 132 Å². The normalized spacial score (nSPS) is 11.0. The van der Waals surface area contributed by atoms with Gasteiger partial charge in [-0.3, -0.25) is 4.79 Å². The topological polar surface area (TPSA) is 26.3 Å². The van der Waals surface area contributed by atoms with Crippen LogP contribution in [0.2, 0.25) is 5.02 Å². The van der Waals surface area contributed by atoms with Crippen LogP contribution in [0.15, 0.2) is 36.4 Å². The van der Waals surface area contributed by atoms with Crippen molar-refractivity contribution in [1.82, 2.24) is 0 Å². The summed E-state index contributed by atoms with van der Waals surface area (Å²) in [5, 5.41) is 1.55. The zero-order chi connectivity index (χ0) is 15.4. The number of rotatable bonds is 5. The first-order valence-corrected chi connectivity index (χ1v) is 8.20. The van der Waals surface area contributed by atoms with Crippen molar-refractivity contribution in [3.05, 3.63) is 58.1 Å². The Morgan fingerprint density at radius 1 is 1.19 bits per heavy atom. The van der Waals surface area contributed by atoms with E-state index in [1.54, 1.807) is 6.07 Å². The predicted molar refractivity (Wildman–Crippen MR) is 90.8 cm³/mol. The maximum Gasteiger partial charge on any atom is 0.187 e. The minimum Gasteiger partial charge on any atom is -0.494 e. The third kappa shape index (κ3) is 3.84. The quantitative estimate of drug-likeness (QED) is 0.758. The van der Waals surface area contributed by atoms with Crippen molar-refractivity contribution in [1.29, 1.82) is 0 Å². The summed E-state index contributed by atoms with van der Waals surface area (Å²) in [6.45, 7) is 6.50. The maximum atomic E-state index is 12.5. The van der Waals surface area contributed by atoms with E-state index >= 15 is 0 Å². The van der Waals surface area contributed by atoms with Crippen molar-refractivity contribution < 1.29 is 9.53 Å². The number of benzene rings is 2. The first-order chi connectivity index (χ1) is 10.0. The summed E-state index contributed by atoms with van der Waals surface area (Å²) >= 11 is 6.16. The molecule has 1 atom stereocenters. The van der Waals surface area contributed by atoms with Gasteiger partial charge in [0.2, 0.25) is 0 Å². The lowest BCUT2D eigenvalue weighted by Crippen LogP contribution is -2.07. The molecule has 2 nitrogen and oxygen atoms in total. The summed E-state index contributed by atoms with van der Waals surface area (Å²) in [6.07, 6.45) is 0. The Morgan fingerprint density at radius 3 is 2.57 bits per heavy atom. The standard InChI is InChI=1S/C17H18ClO2P/c1-4-20-13-8-9-15(12(3)10-13)21-17(19)16-11(2)6-5-7-14(16)18/h5-10,21H,4H2,1-3H3. The van der Waals surface area contributed by atoms with E-state index in [0.717, 1.165) is 22.2 Å². The third-order valence-electron chi connectivity index (χ3n) is 3.21. The van der Waals surface area contributed by atoms with E-state index in [9.17, 15) is 4.79 Å². The molecular formula is C17H18ClO2P. The summed E-state index contributed by atoms with van der Waals surface area (Å²) in [4.78, 5) is 12.5. The van der Waals surface area contributed by atoms with E-state index in [-0.39, 0.29) is 14.1 Å². The molecule has 0 saturated heterocycles. The summed E-state index contributed by atoms with van der Waals surface area (Å²) < 4.78 is 5.47. The Bertz CT molecular complexity index is 648. The van der Waals surface area contributed by atoms with Crippen LogP contribution in [-0.2, 0) is 0 Å². The van der Waals surface area contributed by atoms with Gasteiger partial charge in [0.15, 0.2) is 5.52 Å². The molecular weight excluding hydrogens is 303 g/mol. The second kappa shape index (κ2) is 7.06. The van der Waals surface area contributed by atoms with E-state index < -0.39 is 0 Å². The number of ether oxygens (including phenoxy) is 1. The van der Waals surface area contributed by atoms with Crippen molar-refractivity contribution in [2.45, 2.75) is 20.8 Å². The van der Waals surface area contributed by atoms with Crippen LogP contribution < -0.4 is 10.0 Å². The summed E-state index contributed by atoms with van der Waals surface area (Å²) in [6, 6.07) is 11.4. The molecule has 0 bridgehead atoms. The highest BCUT2D eigenvalue weighted by Gasteiger charge is 2.15. The average molecular weight is 321 g/mol. The van der Waals surface area contributed by atoms with Gasteiger partial charge in [-0.1, -0.05) is 29.8 Å². The van der Waals surface area contributed by atoms with Gasteiger partial charge in [0, 0.05) is 5.56 Å². The van der Waals surface area contributed by atoms with Gasteiger partial charge in [-0.15, -0.1) is 0 Å². The molecule has 0 fully saturated rings. The smallest absolute Gasteiger partial charge is 0.187 e. The van der Waals surface area contributed by atoms with Gasteiger partial charge in [0.1, 0.15) is 5.75 Å². The molecule has 0 spiro atoms. The van der Waals surface area contributed by atoms with Crippen molar-refractivity contribution in [2.24, 2.45) is 0 Å². The number of aryl methyl sites for hydroxylation is 2. The van der Waals surface area contributed by atoms with Crippen molar-refractivity contribution >= 4 is 31.0 Å². The van der Waals surface area contributed by atoms with Gasteiger partial charge in [0.05, 0.1) is 11.6 Å². The van der Waals surface area contributed by atoms with E-state index in [1.165, 1.54) is 0 Å². The molecule has 0 aromatic heterocycles. The lowest BCUT2D eigenvalue weighted by Gasteiger charge is -2.10. The molecule has 0 N–H and O–H groups in total. The van der Waals surface area contributed by atoms with E-state index in [2.05, 4.69) is 0 Å². The molecule has 0 aliphatic rings. The summed E-state index contributed by atoms with van der Waals surface area (Å²) in [5.74, 6) is 0.838. The van der Waals surface area contributed by atoms with Gasteiger partial charge in [-0.25, -0.2) is 0 Å². The molecule has 0 aliphatic carbocycles. The summed E-state index contributed by atoms with van der Waals surface area (Å²) in [5.41, 5.74) is 2.69. The highest BCUT2D eigenvalue weighted by molar-refractivity contribution is 7.66. The first kappa shape index (κ1) is 16.0. The largest absolute Gasteiger partial charge is 0.494 e. The van der Waals surface area contributed by atoms with Gasteiger partial charge >= 0.3 is 0 Å². The molecule has 2 aromatic carbocycles. The van der Waals surface area contributed by atoms with E-state index in [1.807, 2.05) is 51.1 Å². The van der Waals surface area contributed by atoms with Crippen LogP contribution in [0.25, 0.3) is 0 Å². The second-order valence-corrected chi connectivity index (χ2v) is 6.45. The fourth-order valence-corrected chi connectivity index (χ4v) is 3.66. The molecule has 0 heterocycles. The van der Waals surface area contributed by atoms with Gasteiger partial charge in [-0.2, -0.15) is 0 Å². The Morgan fingerprint density at radius 2 is 1.95 bits per heavy atom. The van der Waals surface area contributed by atoms with Crippen LogP contribution in [0.3, 0.4) is 0 Å². The van der Waals surface area contributed by atoms with Crippen LogP contribution in [0, 0.1) is 13.8 Å². The SMILES string of the molecule is CCOc1ccc(PC(=O)c2c(C)cccc2Cl)c(C)c1. The van der Waals surface area contributed by atoms with Crippen molar-refractivity contribution in [3.63, 3.8) is 0 Å². The molecule has 110 valence electrons. The average Bonchev–Trinajstić information content (AvgIpc) is 2.42. The Kier molecular flexibility index (Phi) is 5.39. The van der Waals surface area contributed by atoms with Crippen molar-refractivity contribution in [2.75, 3.05) is 6.61 Å². The number of carbonyl (C=O) groups is 1. The molecule has 21 heavy (non-hydrogen) atoms. The summed E-state index contributed by atoms with van der Waals surface area (Å²) in [7, 11) is 0.0668. The zero-order valence-electron chi connectivity index (χ0n) is 12.4. The Balaban J connectivity index is 2.24. The maximum absolute atomic E-state index is 12.5. The lowest BCUT2D eigenvalue weighted by atomic mass is 10.1. The fraction of sp³-hybridized carbons (Fsp3) is 0.235. The molecule has 4 heteroatoms. The van der Waals surface area contributed by atoms with Crippen LogP contribution in [0.5, 0.6) is 5.75 Å². The fourth-order valence-electron chi connectivity index (χ4n) is 2.14. The molecule has 0 amide bonds. The van der Waals surface area contributed by atoms with E-state index in [4.69, 9.17) is 16.3 Å².